The molecule has 20 atom stereocenters. The van der Waals surface area contributed by atoms with E-state index in [1.54, 1.807) is 0 Å². The SMILES string of the molecule is CC(C)=CCC[C@@](C)(O)[C@H]1CC[C@@]2(C)[C@H]3CC[C@@H]4C(C)(C)[C@H](O[C@@H]5O[C@@H](CO)[C@H](O)[C@@H](O)[C@H]5O[C@@H]5O[C@@H](CO)[C@H](O)[C@H](O)[C@H]5O)CC[C@]4(C)[C@@H]3C[C@H](O)[C@@]12C. The van der Waals surface area contributed by atoms with Crippen LogP contribution in [0.4, 0.5) is 0 Å². The molecule has 6 fully saturated rings. The minimum absolute atomic E-state index is 0.0112. The molecule has 0 radical (unpaired) electrons. The average molecular weight is 785 g/mol. The Balaban J connectivity index is 1.22. The van der Waals surface area contributed by atoms with Crippen LogP contribution in [0.25, 0.3) is 0 Å². The van der Waals surface area contributed by atoms with Gasteiger partial charge in [-0.2, -0.15) is 0 Å². The van der Waals surface area contributed by atoms with Crippen LogP contribution in [0.15, 0.2) is 11.6 Å². The Bertz CT molecular complexity index is 1370. The number of allylic oxidation sites excluding steroid dienone is 2. The van der Waals surface area contributed by atoms with Crippen molar-refractivity contribution in [1.29, 1.82) is 0 Å². The van der Waals surface area contributed by atoms with Gasteiger partial charge in [0.05, 0.1) is 31.0 Å². The van der Waals surface area contributed by atoms with E-state index in [4.69, 9.17) is 18.9 Å². The van der Waals surface area contributed by atoms with Gasteiger partial charge in [0.2, 0.25) is 0 Å². The van der Waals surface area contributed by atoms with E-state index >= 15 is 0 Å². The molecule has 0 aromatic rings. The largest absolute Gasteiger partial charge is 0.394 e. The lowest BCUT2D eigenvalue weighted by Crippen LogP contribution is -2.67. The quantitative estimate of drug-likeness (QED) is 0.115. The number of ether oxygens (including phenoxy) is 4. The number of fused-ring (bicyclic) bond motifs is 5. The van der Waals surface area contributed by atoms with E-state index < -0.39 is 103 Å². The minimum atomic E-state index is -1.75. The molecule has 55 heavy (non-hydrogen) atoms. The lowest BCUT2D eigenvalue weighted by molar-refractivity contribution is -0.378. The second kappa shape index (κ2) is 15.7. The Hall–Kier alpha value is -0.780. The van der Waals surface area contributed by atoms with Crippen molar-refractivity contribution in [1.82, 2.24) is 0 Å². The molecule has 4 aliphatic carbocycles. The predicted octanol–water partition coefficient (Wildman–Crippen LogP) is 2.15. The maximum absolute atomic E-state index is 12.3. The lowest BCUT2D eigenvalue weighted by atomic mass is 9.37. The summed E-state index contributed by atoms with van der Waals surface area (Å²) in [4.78, 5) is 0. The molecule has 0 unspecified atom stereocenters. The fourth-order valence-electron chi connectivity index (χ4n) is 13.3. The maximum atomic E-state index is 12.3. The molecular weight excluding hydrogens is 712 g/mol. The van der Waals surface area contributed by atoms with E-state index in [0.29, 0.717) is 25.2 Å². The fourth-order valence-corrected chi connectivity index (χ4v) is 13.3. The summed E-state index contributed by atoms with van der Waals surface area (Å²) >= 11 is 0. The zero-order valence-corrected chi connectivity index (χ0v) is 34.3. The Kier molecular flexibility index (Phi) is 12.5. The van der Waals surface area contributed by atoms with Crippen LogP contribution in [0.5, 0.6) is 0 Å². The first kappa shape index (κ1) is 43.8. The highest BCUT2D eigenvalue weighted by Gasteiger charge is 2.72. The third-order valence-corrected chi connectivity index (χ3v) is 16.7. The zero-order chi connectivity index (χ0) is 40.6. The van der Waals surface area contributed by atoms with Crippen molar-refractivity contribution < 1.29 is 64.9 Å². The standard InChI is InChI=1S/C42H72O13/c1-21(2)10-9-15-41(7,51)27-13-17-40(6)22-11-12-26-38(3,4)29(14-16-39(26,5)23(22)18-28(45)42(27,40)8)54-37-35(33(49)31(47)25(20-44)53-37)55-36-34(50)32(48)30(46)24(19-43)52-36/h10,22-37,43-51H,9,11-20H2,1-8H3/t22-,23+,24-,25-,26+,27+,28-,29+,30-,31-,32-,33+,34+,35+,36-,37-,39+,40-,41+,42+/m0/s1. The normalized spacial score (nSPS) is 52.0. The van der Waals surface area contributed by atoms with Crippen molar-refractivity contribution in [2.24, 2.45) is 45.3 Å². The molecule has 0 aromatic carbocycles. The zero-order valence-electron chi connectivity index (χ0n) is 34.3. The Morgan fingerprint density at radius 2 is 1.36 bits per heavy atom. The second-order valence-corrected chi connectivity index (χ2v) is 20.1. The highest BCUT2D eigenvalue weighted by molar-refractivity contribution is 5.20. The van der Waals surface area contributed by atoms with Crippen LogP contribution in [-0.4, -0.2) is 138 Å². The number of rotatable bonds is 10. The molecule has 0 aromatic heterocycles. The summed E-state index contributed by atoms with van der Waals surface area (Å²) < 4.78 is 24.3. The van der Waals surface area contributed by atoms with E-state index in [-0.39, 0.29) is 28.6 Å². The first-order valence-corrected chi connectivity index (χ1v) is 20.9. The number of hydrogen-bond donors (Lipinski definition) is 9. The molecule has 2 saturated heterocycles. The van der Waals surface area contributed by atoms with Crippen molar-refractivity contribution in [3.63, 3.8) is 0 Å². The van der Waals surface area contributed by atoms with E-state index in [2.05, 4.69) is 54.5 Å². The molecule has 6 aliphatic rings. The van der Waals surface area contributed by atoms with Gasteiger partial charge in [0.15, 0.2) is 12.6 Å². The van der Waals surface area contributed by atoms with Gasteiger partial charge in [-0.1, -0.05) is 46.3 Å². The maximum Gasteiger partial charge on any atom is 0.187 e. The first-order valence-electron chi connectivity index (χ1n) is 20.9. The van der Waals surface area contributed by atoms with Crippen LogP contribution in [0, 0.1) is 45.3 Å². The van der Waals surface area contributed by atoms with Crippen molar-refractivity contribution >= 4 is 0 Å². The summed E-state index contributed by atoms with van der Waals surface area (Å²) in [6.45, 7) is 16.3. The summed E-state index contributed by atoms with van der Waals surface area (Å²) in [6, 6.07) is 0. The first-order chi connectivity index (χ1) is 25.6. The Labute approximate surface area is 327 Å². The van der Waals surface area contributed by atoms with Crippen LogP contribution in [-0.2, 0) is 18.9 Å². The highest BCUT2D eigenvalue weighted by Crippen LogP contribution is 2.75. The van der Waals surface area contributed by atoms with Gasteiger partial charge in [-0.15, -0.1) is 0 Å². The minimum Gasteiger partial charge on any atom is -0.394 e. The number of aliphatic hydroxyl groups excluding tert-OH is 8. The molecular formula is C42H72O13. The van der Waals surface area contributed by atoms with E-state index in [1.807, 2.05) is 6.92 Å². The molecule has 0 bridgehead atoms. The summed E-state index contributed by atoms with van der Waals surface area (Å²) in [6.07, 6.45) is -6.47. The molecule has 0 amide bonds. The molecule has 6 rings (SSSR count). The van der Waals surface area contributed by atoms with Gasteiger partial charge in [0, 0.05) is 5.41 Å². The Morgan fingerprint density at radius 3 is 1.98 bits per heavy atom. The van der Waals surface area contributed by atoms with Crippen LogP contribution >= 0.6 is 0 Å². The second-order valence-electron chi connectivity index (χ2n) is 20.1. The number of aliphatic hydroxyl groups is 9. The lowest BCUT2D eigenvalue weighted by Gasteiger charge is -2.69. The molecule has 2 aliphatic heterocycles. The Morgan fingerprint density at radius 1 is 0.745 bits per heavy atom. The van der Waals surface area contributed by atoms with Crippen LogP contribution < -0.4 is 0 Å². The number of hydrogen-bond acceptors (Lipinski definition) is 13. The van der Waals surface area contributed by atoms with Crippen LogP contribution in [0.2, 0.25) is 0 Å². The third-order valence-electron chi connectivity index (χ3n) is 16.7. The van der Waals surface area contributed by atoms with Gasteiger partial charge < -0.3 is 64.9 Å². The molecule has 2 heterocycles. The smallest absolute Gasteiger partial charge is 0.187 e. The van der Waals surface area contributed by atoms with E-state index in [0.717, 1.165) is 38.5 Å². The monoisotopic (exact) mass is 784 g/mol. The van der Waals surface area contributed by atoms with Gasteiger partial charge >= 0.3 is 0 Å². The van der Waals surface area contributed by atoms with Crippen LogP contribution in [0.1, 0.15) is 113 Å². The van der Waals surface area contributed by atoms with Crippen molar-refractivity contribution in [2.45, 2.75) is 192 Å². The summed E-state index contributed by atoms with van der Waals surface area (Å²) in [5.41, 5.74) is -0.772. The van der Waals surface area contributed by atoms with Gasteiger partial charge in [0.1, 0.15) is 48.8 Å². The molecule has 13 heteroatoms. The fraction of sp³-hybridized carbons (Fsp3) is 0.952. The van der Waals surface area contributed by atoms with E-state index in [1.165, 1.54) is 5.57 Å². The molecule has 13 nitrogen and oxygen atoms in total. The van der Waals surface area contributed by atoms with Gasteiger partial charge in [0.25, 0.3) is 0 Å². The third kappa shape index (κ3) is 7.10. The van der Waals surface area contributed by atoms with Gasteiger partial charge in [-0.25, -0.2) is 0 Å². The summed E-state index contributed by atoms with van der Waals surface area (Å²) in [5, 5.41) is 97.6. The highest BCUT2D eigenvalue weighted by atomic mass is 16.8. The van der Waals surface area contributed by atoms with Crippen LogP contribution in [0.3, 0.4) is 0 Å². The molecule has 0 spiro atoms. The molecule has 4 saturated carbocycles. The summed E-state index contributed by atoms with van der Waals surface area (Å²) in [5.74, 6) is 0.830. The van der Waals surface area contributed by atoms with Crippen molar-refractivity contribution in [3.8, 4) is 0 Å². The van der Waals surface area contributed by atoms with Gasteiger partial charge in [-0.05, 0) is 118 Å². The molecule has 318 valence electrons. The van der Waals surface area contributed by atoms with Crippen molar-refractivity contribution in [2.75, 3.05) is 13.2 Å². The average Bonchev–Trinajstić information content (AvgIpc) is 3.42. The van der Waals surface area contributed by atoms with Gasteiger partial charge in [-0.3, -0.25) is 0 Å². The summed E-state index contributed by atoms with van der Waals surface area (Å²) in [7, 11) is 0. The van der Waals surface area contributed by atoms with E-state index in [9.17, 15) is 46.0 Å². The predicted molar refractivity (Wildman–Crippen MR) is 201 cm³/mol. The van der Waals surface area contributed by atoms with Crippen molar-refractivity contribution in [3.05, 3.63) is 11.6 Å². The molecule has 9 N–H and O–H groups in total. The topological polar surface area (TPSA) is 219 Å².